The molecule has 0 spiro atoms. The molecule has 5 rings (SSSR count). The maximum Gasteiger partial charge on any atom is 0.276 e. The van der Waals surface area contributed by atoms with E-state index in [4.69, 9.17) is 18.3 Å². The fourth-order valence-electron chi connectivity index (χ4n) is 4.91. The quantitative estimate of drug-likeness (QED) is 0.533. The molecule has 0 atom stereocenters. The van der Waals surface area contributed by atoms with Crippen molar-refractivity contribution in [2.75, 3.05) is 26.3 Å². The summed E-state index contributed by atoms with van der Waals surface area (Å²) >= 11 is 0. The Balaban J connectivity index is 1.19. The zero-order chi connectivity index (χ0) is 23.7. The van der Waals surface area contributed by atoms with Gasteiger partial charge in [0.25, 0.3) is 5.91 Å². The van der Waals surface area contributed by atoms with Gasteiger partial charge in [0.15, 0.2) is 11.5 Å². The second-order valence-electron chi connectivity index (χ2n) is 9.42. The third-order valence-electron chi connectivity index (χ3n) is 7.16. The highest BCUT2D eigenvalue weighted by molar-refractivity contribution is 5.94. The summed E-state index contributed by atoms with van der Waals surface area (Å²) in [4.78, 5) is 19.8. The Bertz CT molecular complexity index is 1120. The molecule has 0 saturated carbocycles. The molecule has 34 heavy (non-hydrogen) atoms. The first-order valence-corrected chi connectivity index (χ1v) is 12.1. The lowest BCUT2D eigenvalue weighted by atomic mass is 9.93. The van der Waals surface area contributed by atoms with Crippen molar-refractivity contribution in [3.8, 4) is 0 Å². The van der Waals surface area contributed by atoms with Crippen molar-refractivity contribution in [2.45, 2.75) is 65.2 Å². The van der Waals surface area contributed by atoms with Crippen molar-refractivity contribution in [2.24, 2.45) is 5.92 Å². The first-order valence-electron chi connectivity index (χ1n) is 12.1. The number of amides is 1. The minimum atomic E-state index is -0.0864. The van der Waals surface area contributed by atoms with Gasteiger partial charge in [-0.05, 0) is 52.4 Å². The average Bonchev–Trinajstić information content (AvgIpc) is 3.56. The van der Waals surface area contributed by atoms with Gasteiger partial charge in [-0.25, -0.2) is 0 Å². The lowest BCUT2D eigenvalue weighted by Gasteiger charge is -2.31. The Morgan fingerprint density at radius 1 is 0.912 bits per heavy atom. The van der Waals surface area contributed by atoms with E-state index in [-0.39, 0.29) is 5.91 Å². The fraction of sp³-hybridized carbons (Fsp3) is 0.625. The number of likely N-dealkylation sites (tertiary alicyclic amines) is 1. The van der Waals surface area contributed by atoms with Gasteiger partial charge in [0.2, 0.25) is 5.89 Å². The zero-order valence-corrected chi connectivity index (χ0v) is 20.0. The van der Waals surface area contributed by atoms with E-state index in [1.807, 2.05) is 25.7 Å². The van der Waals surface area contributed by atoms with Gasteiger partial charge in [0.1, 0.15) is 11.5 Å². The number of rotatable bonds is 6. The van der Waals surface area contributed by atoms with Crippen molar-refractivity contribution in [1.82, 2.24) is 25.4 Å². The highest BCUT2D eigenvalue weighted by atomic mass is 16.5. The van der Waals surface area contributed by atoms with E-state index in [9.17, 15) is 4.79 Å². The lowest BCUT2D eigenvalue weighted by Crippen LogP contribution is -2.39. The van der Waals surface area contributed by atoms with Crippen LogP contribution < -0.4 is 0 Å². The van der Waals surface area contributed by atoms with Crippen LogP contribution in [0.15, 0.2) is 13.6 Å². The number of carbonyl (C=O) groups is 1. The van der Waals surface area contributed by atoms with Gasteiger partial charge in [0, 0.05) is 56.2 Å². The van der Waals surface area contributed by atoms with E-state index in [2.05, 4.69) is 20.5 Å². The number of piperidine rings is 1. The number of hydrogen-bond donors (Lipinski definition) is 0. The molecule has 3 aromatic rings. The van der Waals surface area contributed by atoms with Crippen LogP contribution in [0.25, 0.3) is 0 Å². The molecule has 3 aromatic heterocycles. The molecule has 10 nitrogen and oxygen atoms in total. The summed E-state index contributed by atoms with van der Waals surface area (Å²) in [7, 11) is 0. The molecule has 1 amide bonds. The van der Waals surface area contributed by atoms with Crippen molar-refractivity contribution in [3.05, 3.63) is 45.8 Å². The number of aryl methyl sites for hydroxylation is 3. The smallest absolute Gasteiger partial charge is 0.276 e. The Kier molecular flexibility index (Phi) is 6.49. The molecule has 2 saturated heterocycles. The molecule has 0 N–H and O–H groups in total. The summed E-state index contributed by atoms with van der Waals surface area (Å²) in [5, 5.41) is 12.3. The topological polar surface area (TPSA) is 121 Å². The van der Waals surface area contributed by atoms with Crippen LogP contribution in [0.5, 0.6) is 0 Å². The molecule has 182 valence electrons. The third kappa shape index (κ3) is 4.64. The monoisotopic (exact) mass is 469 g/mol. The van der Waals surface area contributed by atoms with Crippen LogP contribution in [-0.2, 0) is 17.6 Å². The normalized spacial score (nSPS) is 18.0. The fourth-order valence-corrected chi connectivity index (χ4v) is 4.91. The van der Waals surface area contributed by atoms with Gasteiger partial charge in [0.05, 0.1) is 5.69 Å². The van der Waals surface area contributed by atoms with Crippen LogP contribution in [0.3, 0.4) is 0 Å². The Hall–Kier alpha value is -3.01. The zero-order valence-electron chi connectivity index (χ0n) is 20.0. The molecule has 5 heterocycles. The molecular weight excluding hydrogens is 438 g/mol. The Morgan fingerprint density at radius 2 is 1.62 bits per heavy atom. The number of ether oxygens (including phenoxy) is 1. The van der Waals surface area contributed by atoms with E-state index in [0.717, 1.165) is 73.7 Å². The van der Waals surface area contributed by atoms with Gasteiger partial charge >= 0.3 is 0 Å². The molecule has 10 heteroatoms. The molecule has 0 aliphatic carbocycles. The molecule has 2 aliphatic heterocycles. The summed E-state index contributed by atoms with van der Waals surface area (Å²) in [6, 6.07) is 0. The maximum absolute atomic E-state index is 13.3. The van der Waals surface area contributed by atoms with Crippen LogP contribution in [-0.4, -0.2) is 57.6 Å². The highest BCUT2D eigenvalue weighted by Gasteiger charge is 2.30. The summed E-state index contributed by atoms with van der Waals surface area (Å²) in [6.07, 6.45) is 4.92. The van der Waals surface area contributed by atoms with Crippen molar-refractivity contribution in [3.63, 3.8) is 0 Å². The van der Waals surface area contributed by atoms with E-state index < -0.39 is 0 Å². The summed E-state index contributed by atoms with van der Waals surface area (Å²) in [5.41, 5.74) is 2.97. The SMILES string of the molecule is Cc1noc(C)c1Cc1c(C(=O)N2CCC(Cc3nc(C4CCOCC4)no3)CC2)noc1C. The van der Waals surface area contributed by atoms with Gasteiger partial charge in [-0.1, -0.05) is 15.5 Å². The summed E-state index contributed by atoms with van der Waals surface area (Å²) in [5.74, 6) is 3.55. The molecule has 0 unspecified atom stereocenters. The van der Waals surface area contributed by atoms with Crippen LogP contribution in [0.4, 0.5) is 0 Å². The number of aromatic nitrogens is 4. The van der Waals surface area contributed by atoms with Gasteiger partial charge < -0.3 is 23.2 Å². The van der Waals surface area contributed by atoms with Crippen LogP contribution in [0, 0.1) is 26.7 Å². The average molecular weight is 470 g/mol. The first-order chi connectivity index (χ1) is 16.5. The standard InChI is InChI=1S/C24H31N5O5/c1-14-19(15(2)32-26-14)13-20-16(3)33-27-22(20)24(30)29-8-4-17(5-9-29)12-21-25-23(28-34-21)18-6-10-31-11-7-18/h17-18H,4-13H2,1-3H3. The Labute approximate surface area is 198 Å². The molecular formula is C24H31N5O5. The third-order valence-corrected chi connectivity index (χ3v) is 7.16. The van der Waals surface area contributed by atoms with Crippen molar-refractivity contribution < 1.29 is 23.1 Å². The first kappa shape index (κ1) is 22.8. The lowest BCUT2D eigenvalue weighted by molar-refractivity contribution is 0.0676. The van der Waals surface area contributed by atoms with E-state index >= 15 is 0 Å². The number of nitrogens with zero attached hydrogens (tertiary/aromatic N) is 5. The van der Waals surface area contributed by atoms with Gasteiger partial charge in [-0.2, -0.15) is 4.98 Å². The second-order valence-corrected chi connectivity index (χ2v) is 9.42. The predicted molar refractivity (Wildman–Crippen MR) is 119 cm³/mol. The second kappa shape index (κ2) is 9.69. The minimum absolute atomic E-state index is 0.0864. The van der Waals surface area contributed by atoms with Gasteiger partial charge in [-0.15, -0.1) is 0 Å². The van der Waals surface area contributed by atoms with Crippen molar-refractivity contribution in [1.29, 1.82) is 0 Å². The number of carbonyl (C=O) groups excluding carboxylic acids is 1. The van der Waals surface area contributed by atoms with E-state index in [1.54, 1.807) is 0 Å². The largest absolute Gasteiger partial charge is 0.381 e. The van der Waals surface area contributed by atoms with Gasteiger partial charge in [-0.3, -0.25) is 4.79 Å². The van der Waals surface area contributed by atoms with E-state index in [1.165, 1.54) is 0 Å². The molecule has 0 radical (unpaired) electrons. The van der Waals surface area contributed by atoms with Crippen LogP contribution >= 0.6 is 0 Å². The molecule has 2 aliphatic rings. The molecule has 0 aromatic carbocycles. The molecule has 0 bridgehead atoms. The highest BCUT2D eigenvalue weighted by Crippen LogP contribution is 2.28. The van der Waals surface area contributed by atoms with Crippen LogP contribution in [0.2, 0.25) is 0 Å². The van der Waals surface area contributed by atoms with Crippen molar-refractivity contribution >= 4 is 5.91 Å². The van der Waals surface area contributed by atoms with Crippen LogP contribution in [0.1, 0.15) is 82.1 Å². The summed E-state index contributed by atoms with van der Waals surface area (Å²) < 4.78 is 21.6. The summed E-state index contributed by atoms with van der Waals surface area (Å²) in [6.45, 7) is 8.46. The number of hydrogen-bond acceptors (Lipinski definition) is 9. The maximum atomic E-state index is 13.3. The predicted octanol–water partition coefficient (Wildman–Crippen LogP) is 3.55. The molecule has 2 fully saturated rings. The van der Waals surface area contributed by atoms with E-state index in [0.29, 0.717) is 48.7 Å². The minimum Gasteiger partial charge on any atom is -0.381 e. The Morgan fingerprint density at radius 3 is 2.32 bits per heavy atom.